The molecule has 0 spiro atoms. The maximum absolute atomic E-state index is 11.2. The number of ketones is 1. The highest BCUT2D eigenvalue weighted by atomic mass is 16.1. The van der Waals surface area contributed by atoms with Gasteiger partial charge < -0.3 is 5.73 Å². The molecule has 12 heavy (non-hydrogen) atoms. The zero-order chi connectivity index (χ0) is 9.09. The summed E-state index contributed by atoms with van der Waals surface area (Å²) in [4.78, 5) is 11.2. The molecule has 0 heterocycles. The molecule has 0 unspecified atom stereocenters. The molecule has 2 N–H and O–H groups in total. The molecule has 0 saturated heterocycles. The Kier molecular flexibility index (Phi) is 1.26. The van der Waals surface area contributed by atoms with Crippen LogP contribution in [-0.2, 0) is 4.79 Å². The van der Waals surface area contributed by atoms with Crippen LogP contribution in [0, 0.1) is 17.3 Å². The van der Waals surface area contributed by atoms with Gasteiger partial charge in [-0.05, 0) is 30.6 Å². The number of allylic oxidation sites excluding steroid dienone is 2. The molecular formula is C10H15NO. The van der Waals surface area contributed by atoms with E-state index in [0.29, 0.717) is 17.3 Å². The predicted molar refractivity (Wildman–Crippen MR) is 47.3 cm³/mol. The van der Waals surface area contributed by atoms with E-state index in [4.69, 9.17) is 5.73 Å². The maximum Gasteiger partial charge on any atom is 0.157 e. The second-order valence-corrected chi connectivity index (χ2v) is 4.60. The van der Waals surface area contributed by atoms with Gasteiger partial charge in [0.25, 0.3) is 0 Å². The first-order valence-electron chi connectivity index (χ1n) is 4.45. The summed E-state index contributed by atoms with van der Waals surface area (Å²) in [5.41, 5.74) is 7.88. The third kappa shape index (κ3) is 0.728. The van der Waals surface area contributed by atoms with E-state index < -0.39 is 0 Å². The molecule has 1 saturated carbocycles. The van der Waals surface area contributed by atoms with Crippen LogP contribution in [0.4, 0.5) is 0 Å². The van der Waals surface area contributed by atoms with Gasteiger partial charge in [0.2, 0.25) is 0 Å². The fourth-order valence-electron chi connectivity index (χ4n) is 2.69. The van der Waals surface area contributed by atoms with Crippen molar-refractivity contribution in [2.24, 2.45) is 23.0 Å². The van der Waals surface area contributed by atoms with Crippen LogP contribution in [0.25, 0.3) is 0 Å². The highest BCUT2D eigenvalue weighted by molar-refractivity contribution is 5.96. The Labute approximate surface area is 72.8 Å². The minimum absolute atomic E-state index is 0.172. The van der Waals surface area contributed by atoms with E-state index in [1.807, 2.05) is 0 Å². The molecule has 0 aliphatic heterocycles. The number of Topliss-reactive ketones (excluding diaryl/α,β-unsaturated/α-hetero) is 1. The van der Waals surface area contributed by atoms with E-state index in [9.17, 15) is 4.79 Å². The number of hydrogen-bond donors (Lipinski definition) is 1. The Morgan fingerprint density at radius 3 is 2.50 bits per heavy atom. The summed E-state index contributed by atoms with van der Waals surface area (Å²) in [6.07, 6.45) is 0.937. The van der Waals surface area contributed by atoms with Gasteiger partial charge in [0.05, 0.1) is 0 Å². The molecule has 0 radical (unpaired) electrons. The molecular weight excluding hydrogens is 150 g/mol. The molecule has 2 heteroatoms. The SMILES string of the molecule is CC(=O)C1=C(N)C[C@@H]2[C@@H]1C2(C)C. The van der Waals surface area contributed by atoms with Crippen LogP contribution < -0.4 is 5.73 Å². The van der Waals surface area contributed by atoms with Gasteiger partial charge in [0, 0.05) is 11.3 Å². The summed E-state index contributed by atoms with van der Waals surface area (Å²) in [5.74, 6) is 1.29. The summed E-state index contributed by atoms with van der Waals surface area (Å²) in [6.45, 7) is 6.06. The number of carbonyl (C=O) groups excluding carboxylic acids is 1. The lowest BCUT2D eigenvalue weighted by Gasteiger charge is -2.10. The first-order valence-corrected chi connectivity index (χ1v) is 4.45. The molecule has 2 atom stereocenters. The molecule has 0 aromatic heterocycles. The average Bonchev–Trinajstić information content (AvgIpc) is 2.40. The van der Waals surface area contributed by atoms with Gasteiger partial charge in [-0.3, -0.25) is 4.79 Å². The summed E-state index contributed by atoms with van der Waals surface area (Å²) < 4.78 is 0. The quantitative estimate of drug-likeness (QED) is 0.639. The van der Waals surface area contributed by atoms with Gasteiger partial charge in [0.1, 0.15) is 0 Å². The summed E-state index contributed by atoms with van der Waals surface area (Å²) >= 11 is 0. The number of rotatable bonds is 1. The predicted octanol–water partition coefficient (Wildman–Crippen LogP) is 1.46. The van der Waals surface area contributed by atoms with Crippen molar-refractivity contribution in [1.82, 2.24) is 0 Å². The van der Waals surface area contributed by atoms with Crippen molar-refractivity contribution in [3.63, 3.8) is 0 Å². The lowest BCUT2D eigenvalue weighted by atomic mass is 9.96. The van der Waals surface area contributed by atoms with Crippen LogP contribution in [0.1, 0.15) is 27.2 Å². The van der Waals surface area contributed by atoms with E-state index in [2.05, 4.69) is 13.8 Å². The third-order valence-electron chi connectivity index (χ3n) is 3.53. The fraction of sp³-hybridized carbons (Fsp3) is 0.700. The minimum Gasteiger partial charge on any atom is -0.402 e. The molecule has 1 fully saturated rings. The van der Waals surface area contributed by atoms with Crippen LogP contribution in [0.15, 0.2) is 11.3 Å². The van der Waals surface area contributed by atoms with Crippen molar-refractivity contribution >= 4 is 5.78 Å². The normalized spacial score (nSPS) is 36.6. The Balaban J connectivity index is 2.33. The summed E-state index contributed by atoms with van der Waals surface area (Å²) in [6, 6.07) is 0. The Hall–Kier alpha value is -0.790. The summed E-state index contributed by atoms with van der Waals surface area (Å²) in [7, 11) is 0. The lowest BCUT2D eigenvalue weighted by Crippen LogP contribution is -2.11. The molecule has 2 rings (SSSR count). The zero-order valence-corrected chi connectivity index (χ0v) is 7.85. The van der Waals surface area contributed by atoms with Gasteiger partial charge in [0.15, 0.2) is 5.78 Å². The van der Waals surface area contributed by atoms with E-state index >= 15 is 0 Å². The van der Waals surface area contributed by atoms with Crippen LogP contribution >= 0.6 is 0 Å². The second kappa shape index (κ2) is 1.93. The van der Waals surface area contributed by atoms with Crippen LogP contribution in [0.2, 0.25) is 0 Å². The van der Waals surface area contributed by atoms with Gasteiger partial charge in [-0.2, -0.15) is 0 Å². The number of nitrogens with two attached hydrogens (primary N) is 1. The zero-order valence-electron chi connectivity index (χ0n) is 7.85. The van der Waals surface area contributed by atoms with Gasteiger partial charge in [-0.1, -0.05) is 13.8 Å². The van der Waals surface area contributed by atoms with Crippen molar-refractivity contribution in [3.8, 4) is 0 Å². The van der Waals surface area contributed by atoms with Crippen molar-refractivity contribution in [3.05, 3.63) is 11.3 Å². The van der Waals surface area contributed by atoms with Crippen molar-refractivity contribution in [1.29, 1.82) is 0 Å². The smallest absolute Gasteiger partial charge is 0.157 e. The number of hydrogen-bond acceptors (Lipinski definition) is 2. The third-order valence-corrected chi connectivity index (χ3v) is 3.53. The molecule has 2 nitrogen and oxygen atoms in total. The van der Waals surface area contributed by atoms with Crippen LogP contribution in [0.5, 0.6) is 0 Å². The Morgan fingerprint density at radius 2 is 2.17 bits per heavy atom. The Morgan fingerprint density at radius 1 is 1.58 bits per heavy atom. The van der Waals surface area contributed by atoms with Crippen molar-refractivity contribution in [2.45, 2.75) is 27.2 Å². The van der Waals surface area contributed by atoms with Crippen LogP contribution in [-0.4, -0.2) is 5.78 Å². The topological polar surface area (TPSA) is 43.1 Å². The first-order chi connectivity index (χ1) is 5.46. The van der Waals surface area contributed by atoms with Gasteiger partial charge in [-0.15, -0.1) is 0 Å². The first kappa shape index (κ1) is 7.84. The molecule has 0 amide bonds. The van der Waals surface area contributed by atoms with E-state index in [-0.39, 0.29) is 5.78 Å². The second-order valence-electron chi connectivity index (χ2n) is 4.60. The van der Waals surface area contributed by atoms with Crippen molar-refractivity contribution in [2.75, 3.05) is 0 Å². The molecule has 66 valence electrons. The largest absolute Gasteiger partial charge is 0.402 e. The van der Waals surface area contributed by atoms with Gasteiger partial charge in [-0.25, -0.2) is 0 Å². The van der Waals surface area contributed by atoms with Crippen molar-refractivity contribution < 1.29 is 4.79 Å². The molecule has 0 bridgehead atoms. The highest BCUT2D eigenvalue weighted by Crippen LogP contribution is 2.67. The lowest BCUT2D eigenvalue weighted by molar-refractivity contribution is -0.114. The van der Waals surface area contributed by atoms with E-state index in [1.165, 1.54) is 0 Å². The van der Waals surface area contributed by atoms with Crippen LogP contribution in [0.3, 0.4) is 0 Å². The fourth-order valence-corrected chi connectivity index (χ4v) is 2.69. The van der Waals surface area contributed by atoms with Gasteiger partial charge >= 0.3 is 0 Å². The number of carbonyl (C=O) groups is 1. The maximum atomic E-state index is 11.2. The molecule has 2 aliphatic carbocycles. The molecule has 0 aromatic carbocycles. The number of fused-ring (bicyclic) bond motifs is 1. The minimum atomic E-state index is 0.172. The standard InChI is InChI=1S/C10H15NO/c1-5(12)8-7(11)4-6-9(8)10(6,2)3/h6,9H,4,11H2,1-3H3/t6-,9+/m1/s1. The highest BCUT2D eigenvalue weighted by Gasteiger charge is 2.63. The van der Waals surface area contributed by atoms with E-state index in [0.717, 1.165) is 17.7 Å². The van der Waals surface area contributed by atoms with E-state index in [1.54, 1.807) is 6.92 Å². The molecule has 2 aliphatic rings. The Bertz CT molecular complexity index is 288. The molecule has 0 aromatic rings. The average molecular weight is 165 g/mol. The summed E-state index contributed by atoms with van der Waals surface area (Å²) in [5, 5.41) is 0. The monoisotopic (exact) mass is 165 g/mol.